The molecule has 0 aliphatic rings. The van der Waals surface area contributed by atoms with Crippen LogP contribution in [0.1, 0.15) is 20.3 Å². The number of anilines is 1. The minimum absolute atomic E-state index is 0.146. The number of hydrogen-bond donors (Lipinski definition) is 2. The maximum Gasteiger partial charge on any atom is 0.348 e. The molecule has 2 rings (SSSR count). The molecule has 98 valence electrons. The first kappa shape index (κ1) is 12.6. The summed E-state index contributed by atoms with van der Waals surface area (Å²) >= 11 is 0. The van der Waals surface area contributed by atoms with Crippen molar-refractivity contribution in [3.8, 4) is 0 Å². The lowest BCUT2D eigenvalue weighted by molar-refractivity contribution is 0.288. The fourth-order valence-corrected chi connectivity index (χ4v) is 1.84. The Morgan fingerprint density at radius 1 is 1.56 bits per heavy atom. The van der Waals surface area contributed by atoms with Gasteiger partial charge in [-0.15, -0.1) is 0 Å². The van der Waals surface area contributed by atoms with Crippen LogP contribution in [0.4, 0.5) is 5.82 Å². The third-order valence-electron chi connectivity index (χ3n) is 2.77. The molecule has 7 nitrogen and oxygen atoms in total. The maximum atomic E-state index is 11.3. The van der Waals surface area contributed by atoms with Gasteiger partial charge in [-0.05, 0) is 20.3 Å². The average Bonchev–Trinajstić information content (AvgIpc) is 2.71. The standard InChI is InChI=1S/C11H17N5O2/c1-8(2)15(4-3-5-17)9-6-10-13-14-11(18)16(10)7-12-9/h6-8,17H,3-5H2,1-2H3,(H,14,18). The molecular weight excluding hydrogens is 234 g/mol. The van der Waals surface area contributed by atoms with E-state index in [4.69, 9.17) is 5.11 Å². The van der Waals surface area contributed by atoms with Crippen LogP contribution in [-0.2, 0) is 0 Å². The predicted molar refractivity (Wildman–Crippen MR) is 67.8 cm³/mol. The van der Waals surface area contributed by atoms with Crippen LogP contribution < -0.4 is 10.6 Å². The third kappa shape index (κ3) is 2.35. The monoisotopic (exact) mass is 251 g/mol. The van der Waals surface area contributed by atoms with Gasteiger partial charge in [-0.3, -0.25) is 0 Å². The number of rotatable bonds is 5. The highest BCUT2D eigenvalue weighted by molar-refractivity contribution is 5.50. The number of aromatic nitrogens is 4. The molecule has 0 atom stereocenters. The van der Waals surface area contributed by atoms with E-state index in [9.17, 15) is 4.79 Å². The molecule has 0 saturated heterocycles. The van der Waals surface area contributed by atoms with Gasteiger partial charge in [-0.1, -0.05) is 0 Å². The maximum absolute atomic E-state index is 11.3. The van der Waals surface area contributed by atoms with Crippen LogP contribution in [0.5, 0.6) is 0 Å². The highest BCUT2D eigenvalue weighted by Gasteiger charge is 2.13. The van der Waals surface area contributed by atoms with Crippen molar-refractivity contribution in [2.24, 2.45) is 0 Å². The van der Waals surface area contributed by atoms with Gasteiger partial charge in [0.1, 0.15) is 12.1 Å². The summed E-state index contributed by atoms with van der Waals surface area (Å²) in [5.41, 5.74) is 0.246. The average molecular weight is 251 g/mol. The number of H-pyrrole nitrogens is 1. The van der Waals surface area contributed by atoms with E-state index in [1.165, 1.54) is 10.7 Å². The lowest BCUT2D eigenvalue weighted by Gasteiger charge is -2.27. The van der Waals surface area contributed by atoms with Crippen LogP contribution in [0, 0.1) is 0 Å². The molecule has 0 fully saturated rings. The number of aromatic amines is 1. The fourth-order valence-electron chi connectivity index (χ4n) is 1.84. The first-order valence-corrected chi connectivity index (χ1v) is 5.93. The smallest absolute Gasteiger partial charge is 0.348 e. The van der Waals surface area contributed by atoms with Gasteiger partial charge < -0.3 is 10.0 Å². The quantitative estimate of drug-likeness (QED) is 0.782. The molecule has 2 aromatic heterocycles. The lowest BCUT2D eigenvalue weighted by Crippen LogP contribution is -2.33. The first-order chi connectivity index (χ1) is 8.63. The Balaban J connectivity index is 2.35. The van der Waals surface area contributed by atoms with Crippen molar-refractivity contribution in [1.29, 1.82) is 0 Å². The van der Waals surface area contributed by atoms with Crippen molar-refractivity contribution in [1.82, 2.24) is 19.6 Å². The predicted octanol–water partition coefficient (Wildman–Crippen LogP) is 0.0148. The number of nitrogens with one attached hydrogen (secondary N) is 1. The number of aliphatic hydroxyl groups is 1. The Kier molecular flexibility index (Phi) is 3.61. The molecule has 0 radical (unpaired) electrons. The van der Waals surface area contributed by atoms with Crippen LogP contribution in [0.3, 0.4) is 0 Å². The van der Waals surface area contributed by atoms with E-state index >= 15 is 0 Å². The van der Waals surface area contributed by atoms with E-state index in [2.05, 4.69) is 33.9 Å². The number of aliphatic hydroxyl groups excluding tert-OH is 1. The zero-order valence-electron chi connectivity index (χ0n) is 10.5. The largest absolute Gasteiger partial charge is 0.396 e. The van der Waals surface area contributed by atoms with Crippen molar-refractivity contribution >= 4 is 11.5 Å². The Morgan fingerprint density at radius 3 is 3.00 bits per heavy atom. The number of hydrogen-bond acceptors (Lipinski definition) is 5. The van der Waals surface area contributed by atoms with Crippen molar-refractivity contribution in [2.75, 3.05) is 18.1 Å². The van der Waals surface area contributed by atoms with Gasteiger partial charge in [-0.2, -0.15) is 5.10 Å². The second kappa shape index (κ2) is 5.18. The lowest BCUT2D eigenvalue weighted by atomic mass is 10.3. The summed E-state index contributed by atoms with van der Waals surface area (Å²) in [4.78, 5) is 17.7. The summed E-state index contributed by atoms with van der Waals surface area (Å²) in [6.45, 7) is 4.97. The van der Waals surface area contributed by atoms with Gasteiger partial charge in [-0.25, -0.2) is 19.3 Å². The summed E-state index contributed by atoms with van der Waals surface area (Å²) in [7, 11) is 0. The molecule has 0 amide bonds. The molecule has 0 aliphatic carbocycles. The molecule has 0 bridgehead atoms. The molecule has 0 spiro atoms. The molecule has 0 unspecified atom stereocenters. The van der Waals surface area contributed by atoms with Crippen molar-refractivity contribution < 1.29 is 5.11 Å². The fraction of sp³-hybridized carbons (Fsp3) is 0.545. The Hall–Kier alpha value is -1.89. The van der Waals surface area contributed by atoms with E-state index in [1.54, 1.807) is 6.07 Å². The summed E-state index contributed by atoms with van der Waals surface area (Å²) in [5.74, 6) is 0.755. The highest BCUT2D eigenvalue weighted by Crippen LogP contribution is 2.14. The van der Waals surface area contributed by atoms with E-state index in [-0.39, 0.29) is 18.3 Å². The number of fused-ring (bicyclic) bond motifs is 1. The zero-order chi connectivity index (χ0) is 13.1. The highest BCUT2D eigenvalue weighted by atomic mass is 16.3. The summed E-state index contributed by atoms with van der Waals surface area (Å²) in [5, 5.41) is 15.2. The Labute approximate surface area is 104 Å². The molecule has 2 heterocycles. The van der Waals surface area contributed by atoms with Crippen LogP contribution >= 0.6 is 0 Å². The first-order valence-electron chi connectivity index (χ1n) is 5.93. The Bertz CT molecular complexity index is 574. The van der Waals surface area contributed by atoms with Gasteiger partial charge in [0.25, 0.3) is 0 Å². The molecule has 0 aromatic carbocycles. The molecular formula is C11H17N5O2. The van der Waals surface area contributed by atoms with Gasteiger partial charge in [0.2, 0.25) is 0 Å². The summed E-state index contributed by atoms with van der Waals surface area (Å²) in [6.07, 6.45) is 2.14. The topological polar surface area (TPSA) is 86.5 Å². The second-order valence-electron chi connectivity index (χ2n) is 4.37. The van der Waals surface area contributed by atoms with Crippen LogP contribution in [-0.4, -0.2) is 43.9 Å². The molecule has 2 N–H and O–H groups in total. The van der Waals surface area contributed by atoms with Gasteiger partial charge in [0.05, 0.1) is 0 Å². The van der Waals surface area contributed by atoms with Crippen molar-refractivity contribution in [3.63, 3.8) is 0 Å². The van der Waals surface area contributed by atoms with Gasteiger partial charge in [0.15, 0.2) is 5.65 Å². The molecule has 0 saturated carbocycles. The Morgan fingerprint density at radius 2 is 2.33 bits per heavy atom. The second-order valence-corrected chi connectivity index (χ2v) is 4.37. The van der Waals surface area contributed by atoms with E-state index in [0.29, 0.717) is 18.6 Å². The minimum atomic E-state index is -0.296. The van der Waals surface area contributed by atoms with Crippen LogP contribution in [0.25, 0.3) is 5.65 Å². The third-order valence-corrected chi connectivity index (χ3v) is 2.77. The van der Waals surface area contributed by atoms with E-state index in [1.807, 2.05) is 0 Å². The van der Waals surface area contributed by atoms with Crippen LogP contribution in [0.15, 0.2) is 17.2 Å². The van der Waals surface area contributed by atoms with Crippen molar-refractivity contribution in [2.45, 2.75) is 26.3 Å². The van der Waals surface area contributed by atoms with Gasteiger partial charge >= 0.3 is 5.69 Å². The minimum Gasteiger partial charge on any atom is -0.396 e. The zero-order valence-corrected chi connectivity index (χ0v) is 10.5. The normalized spacial score (nSPS) is 11.3. The van der Waals surface area contributed by atoms with Gasteiger partial charge in [0, 0.05) is 25.3 Å². The van der Waals surface area contributed by atoms with E-state index < -0.39 is 0 Å². The molecule has 18 heavy (non-hydrogen) atoms. The molecule has 2 aromatic rings. The van der Waals surface area contributed by atoms with E-state index in [0.717, 1.165) is 5.82 Å². The summed E-state index contributed by atoms with van der Waals surface area (Å²) < 4.78 is 1.36. The SMILES string of the molecule is CC(C)N(CCCO)c1cc2n[nH]c(=O)n2cn1. The van der Waals surface area contributed by atoms with Crippen LogP contribution in [0.2, 0.25) is 0 Å². The number of nitrogens with zero attached hydrogens (tertiary/aromatic N) is 4. The van der Waals surface area contributed by atoms with Crippen molar-refractivity contribution in [3.05, 3.63) is 22.9 Å². The summed E-state index contributed by atoms with van der Waals surface area (Å²) in [6, 6.07) is 2.02. The molecule has 0 aliphatic heterocycles. The molecule has 7 heteroatoms.